The molecule has 0 aromatic heterocycles. The van der Waals surface area contributed by atoms with Crippen molar-refractivity contribution in [3.8, 4) is 11.5 Å². The normalized spacial score (nSPS) is 10.8. The van der Waals surface area contributed by atoms with E-state index in [2.05, 4.69) is 27.4 Å². The van der Waals surface area contributed by atoms with Crippen LogP contribution in [-0.2, 0) is 6.18 Å². The van der Waals surface area contributed by atoms with Gasteiger partial charge in [-0.2, -0.15) is 13.2 Å². The van der Waals surface area contributed by atoms with E-state index in [4.69, 9.17) is 5.73 Å². The third-order valence-corrected chi connectivity index (χ3v) is 2.80. The van der Waals surface area contributed by atoms with Crippen molar-refractivity contribution in [2.45, 2.75) is 12.7 Å². The van der Waals surface area contributed by atoms with Gasteiger partial charge in [-0.15, -0.1) is 5.54 Å². The van der Waals surface area contributed by atoms with Crippen molar-refractivity contribution < 1.29 is 13.2 Å². The highest BCUT2D eigenvalue weighted by atomic mass is 79.9. The maximum Gasteiger partial charge on any atom is 0.417 e. The van der Waals surface area contributed by atoms with E-state index >= 15 is 0 Å². The van der Waals surface area contributed by atoms with Crippen LogP contribution in [0, 0.1) is 11.5 Å². The summed E-state index contributed by atoms with van der Waals surface area (Å²) in [5, 5.41) is 0. The standard InChI is InChI=1S/C10H7BrF3NSi/c1-16-3-2-6-4-8(11)7(5-9(6)15)10(12,13)14/h4-5H,15H2,1H3. The Bertz CT molecular complexity index is 460. The van der Waals surface area contributed by atoms with E-state index in [-0.39, 0.29) is 10.2 Å². The zero-order valence-electron chi connectivity index (χ0n) is 8.24. The van der Waals surface area contributed by atoms with Crippen LogP contribution in [0.25, 0.3) is 0 Å². The maximum atomic E-state index is 12.5. The molecule has 1 rings (SSSR count). The van der Waals surface area contributed by atoms with Gasteiger partial charge >= 0.3 is 6.18 Å². The summed E-state index contributed by atoms with van der Waals surface area (Å²) in [7, 11) is 0.409. The molecule has 2 radical (unpaired) electrons. The summed E-state index contributed by atoms with van der Waals surface area (Å²) in [5.41, 5.74) is 7.97. The molecule has 16 heavy (non-hydrogen) atoms. The van der Waals surface area contributed by atoms with E-state index in [1.807, 2.05) is 6.55 Å². The molecule has 0 fully saturated rings. The van der Waals surface area contributed by atoms with Crippen molar-refractivity contribution in [3.63, 3.8) is 0 Å². The Morgan fingerprint density at radius 3 is 2.50 bits per heavy atom. The van der Waals surface area contributed by atoms with E-state index in [9.17, 15) is 13.2 Å². The lowest BCUT2D eigenvalue weighted by Gasteiger charge is -2.10. The first-order valence-electron chi connectivity index (χ1n) is 4.20. The first-order chi connectivity index (χ1) is 7.36. The molecule has 1 aromatic rings. The molecule has 0 atom stereocenters. The van der Waals surface area contributed by atoms with Gasteiger partial charge in [0.1, 0.15) is 9.52 Å². The summed E-state index contributed by atoms with van der Waals surface area (Å²) in [4.78, 5) is 0. The molecule has 6 heteroatoms. The van der Waals surface area contributed by atoms with Gasteiger partial charge in [-0.1, -0.05) is 28.4 Å². The average Bonchev–Trinajstić information content (AvgIpc) is 2.17. The van der Waals surface area contributed by atoms with Crippen molar-refractivity contribution in [3.05, 3.63) is 27.7 Å². The second kappa shape index (κ2) is 4.93. The third-order valence-electron chi connectivity index (χ3n) is 1.77. The summed E-state index contributed by atoms with van der Waals surface area (Å²) in [5.74, 6) is 2.72. The number of rotatable bonds is 0. The van der Waals surface area contributed by atoms with E-state index < -0.39 is 11.7 Å². The van der Waals surface area contributed by atoms with Gasteiger partial charge in [0.15, 0.2) is 0 Å². The van der Waals surface area contributed by atoms with Crippen LogP contribution in [-0.4, -0.2) is 9.52 Å². The molecule has 0 bridgehead atoms. The molecule has 0 amide bonds. The maximum absolute atomic E-state index is 12.5. The van der Waals surface area contributed by atoms with Crippen molar-refractivity contribution in [2.24, 2.45) is 0 Å². The van der Waals surface area contributed by atoms with Crippen LogP contribution < -0.4 is 5.73 Å². The fraction of sp³-hybridized carbons (Fsp3) is 0.200. The molecule has 0 saturated heterocycles. The third kappa shape index (κ3) is 3.03. The number of nitrogen functional groups attached to an aromatic ring is 1. The molecule has 0 spiro atoms. The topological polar surface area (TPSA) is 26.0 Å². The Morgan fingerprint density at radius 2 is 2.00 bits per heavy atom. The largest absolute Gasteiger partial charge is 0.417 e. The molecular formula is C10H7BrF3NSi. The minimum Gasteiger partial charge on any atom is -0.398 e. The number of halogens is 4. The summed E-state index contributed by atoms with van der Waals surface area (Å²) in [6, 6.07) is 2.19. The van der Waals surface area contributed by atoms with Gasteiger partial charge in [-0.25, -0.2) is 0 Å². The van der Waals surface area contributed by atoms with Crippen molar-refractivity contribution in [1.82, 2.24) is 0 Å². The molecular weight excluding hydrogens is 299 g/mol. The van der Waals surface area contributed by atoms with Crippen molar-refractivity contribution >= 4 is 31.1 Å². The van der Waals surface area contributed by atoms with Gasteiger partial charge in [0, 0.05) is 15.7 Å². The number of anilines is 1. The Balaban J connectivity index is 3.28. The van der Waals surface area contributed by atoms with Crippen LogP contribution in [0.15, 0.2) is 16.6 Å². The van der Waals surface area contributed by atoms with Gasteiger partial charge < -0.3 is 5.73 Å². The van der Waals surface area contributed by atoms with Gasteiger partial charge in [0.2, 0.25) is 0 Å². The fourth-order valence-corrected chi connectivity index (χ4v) is 1.87. The second-order valence-corrected chi connectivity index (χ2v) is 4.52. The summed E-state index contributed by atoms with van der Waals surface area (Å²) in [6.45, 7) is 1.88. The van der Waals surface area contributed by atoms with Gasteiger partial charge in [0.05, 0.1) is 5.56 Å². The monoisotopic (exact) mass is 305 g/mol. The highest BCUT2D eigenvalue weighted by molar-refractivity contribution is 9.10. The Labute approximate surface area is 102 Å². The lowest BCUT2D eigenvalue weighted by Crippen LogP contribution is -2.07. The second-order valence-electron chi connectivity index (χ2n) is 2.92. The molecule has 0 unspecified atom stereocenters. The fourth-order valence-electron chi connectivity index (χ4n) is 1.05. The number of benzene rings is 1. The zero-order chi connectivity index (χ0) is 12.3. The molecule has 0 heterocycles. The summed E-state index contributed by atoms with van der Waals surface area (Å²) in [6.07, 6.45) is -4.41. The molecule has 0 aliphatic carbocycles. The first-order valence-corrected chi connectivity index (χ1v) is 6.49. The summed E-state index contributed by atoms with van der Waals surface area (Å²) < 4.78 is 37.4. The lowest BCUT2D eigenvalue weighted by atomic mass is 10.1. The highest BCUT2D eigenvalue weighted by Crippen LogP contribution is 2.36. The van der Waals surface area contributed by atoms with Crippen LogP contribution in [0.3, 0.4) is 0 Å². The van der Waals surface area contributed by atoms with Crippen molar-refractivity contribution in [1.29, 1.82) is 0 Å². The van der Waals surface area contributed by atoms with E-state index in [0.717, 1.165) is 6.07 Å². The van der Waals surface area contributed by atoms with E-state index in [1.54, 1.807) is 0 Å². The molecule has 1 aromatic carbocycles. The average molecular weight is 306 g/mol. The number of hydrogen-bond donors (Lipinski definition) is 1. The molecule has 0 saturated carbocycles. The lowest BCUT2D eigenvalue weighted by molar-refractivity contribution is -0.138. The van der Waals surface area contributed by atoms with E-state index in [1.165, 1.54) is 6.07 Å². The Hall–Kier alpha value is -0.933. The minimum atomic E-state index is -4.41. The van der Waals surface area contributed by atoms with Gasteiger partial charge in [0.25, 0.3) is 0 Å². The van der Waals surface area contributed by atoms with Gasteiger partial charge in [-0.05, 0) is 12.1 Å². The summed E-state index contributed by atoms with van der Waals surface area (Å²) >= 11 is 2.87. The number of hydrogen-bond acceptors (Lipinski definition) is 1. The van der Waals surface area contributed by atoms with Crippen molar-refractivity contribution in [2.75, 3.05) is 5.73 Å². The molecule has 1 nitrogen and oxygen atoms in total. The van der Waals surface area contributed by atoms with Crippen LogP contribution in [0.5, 0.6) is 0 Å². The van der Waals surface area contributed by atoms with Gasteiger partial charge in [-0.3, -0.25) is 0 Å². The Morgan fingerprint density at radius 1 is 1.38 bits per heavy atom. The van der Waals surface area contributed by atoms with Crippen LogP contribution in [0.2, 0.25) is 6.55 Å². The van der Waals surface area contributed by atoms with Crippen LogP contribution in [0.1, 0.15) is 11.1 Å². The quantitative estimate of drug-likeness (QED) is 0.445. The minimum absolute atomic E-state index is 0.0428. The smallest absolute Gasteiger partial charge is 0.398 e. The highest BCUT2D eigenvalue weighted by Gasteiger charge is 2.33. The Kier molecular flexibility index (Phi) is 4.05. The zero-order valence-corrected chi connectivity index (χ0v) is 10.8. The SMILES string of the molecule is C[Si]C#Cc1cc(Br)c(C(F)(F)F)cc1N. The molecule has 2 N–H and O–H groups in total. The number of nitrogens with two attached hydrogens (primary N) is 1. The number of alkyl halides is 3. The van der Waals surface area contributed by atoms with Crippen LogP contribution >= 0.6 is 15.9 Å². The molecule has 84 valence electrons. The first kappa shape index (κ1) is 13.1. The molecule has 0 aliphatic rings. The predicted octanol–water partition coefficient (Wildman–Crippen LogP) is 3.11. The van der Waals surface area contributed by atoms with E-state index in [0.29, 0.717) is 15.1 Å². The predicted molar refractivity (Wildman–Crippen MR) is 62.1 cm³/mol. The van der Waals surface area contributed by atoms with Crippen LogP contribution in [0.4, 0.5) is 18.9 Å². The molecule has 0 aliphatic heterocycles.